The molecule has 0 saturated heterocycles. The van der Waals surface area contributed by atoms with E-state index in [9.17, 15) is 9.18 Å². The van der Waals surface area contributed by atoms with Crippen molar-refractivity contribution < 1.29 is 13.9 Å². The number of hydrogen-bond acceptors (Lipinski definition) is 2. The molecule has 8 heavy (non-hydrogen) atoms. The fraction of sp³-hybridized carbons (Fsp3) is 0.400. The number of rotatable bonds is 4. The predicted molar refractivity (Wildman–Crippen MR) is 26.5 cm³/mol. The summed E-state index contributed by atoms with van der Waals surface area (Å²) in [6, 6.07) is 0. The average molecular weight is 117 g/mol. The minimum atomic E-state index is 0.198. The molecule has 0 aromatic carbocycles. The molecule has 2 nitrogen and oxygen atoms in total. The van der Waals surface area contributed by atoms with Gasteiger partial charge in [-0.15, -0.1) is 0 Å². The predicted octanol–water partition coefficient (Wildman–Crippen LogP) is 0.944. The summed E-state index contributed by atoms with van der Waals surface area (Å²) in [4.78, 5) is 9.30. The summed E-state index contributed by atoms with van der Waals surface area (Å²) in [6.07, 6.45) is 2.08. The molecule has 0 aliphatic heterocycles. The smallest absolute Gasteiger partial charge is 0.417 e. The van der Waals surface area contributed by atoms with Crippen molar-refractivity contribution in [3.63, 3.8) is 0 Å². The SMILES string of the molecule is O=[C]OCCC=CF. The van der Waals surface area contributed by atoms with Crippen molar-refractivity contribution in [1.82, 2.24) is 0 Å². The minimum Gasteiger partial charge on any atom is -0.457 e. The summed E-state index contributed by atoms with van der Waals surface area (Å²) in [6.45, 7) is 1.42. The van der Waals surface area contributed by atoms with E-state index >= 15 is 0 Å². The lowest BCUT2D eigenvalue weighted by molar-refractivity contribution is 0.283. The molecule has 0 fully saturated rings. The Hall–Kier alpha value is -0.860. The highest BCUT2D eigenvalue weighted by Gasteiger charge is 1.78. The second-order valence-corrected chi connectivity index (χ2v) is 1.08. The number of halogens is 1. The van der Waals surface area contributed by atoms with Crippen LogP contribution in [0.25, 0.3) is 0 Å². The Kier molecular flexibility index (Phi) is 5.48. The lowest BCUT2D eigenvalue weighted by Crippen LogP contribution is -1.87. The van der Waals surface area contributed by atoms with Crippen LogP contribution in [0.2, 0.25) is 0 Å². The molecule has 1 radical (unpaired) electrons. The summed E-state index contributed by atoms with van der Waals surface area (Å²) >= 11 is 0. The van der Waals surface area contributed by atoms with Gasteiger partial charge in [-0.3, -0.25) is 0 Å². The van der Waals surface area contributed by atoms with Crippen molar-refractivity contribution in [1.29, 1.82) is 0 Å². The fourth-order valence-corrected chi connectivity index (χ4v) is 0.232. The Bertz CT molecular complexity index is 80.5. The zero-order valence-electron chi connectivity index (χ0n) is 4.26. The molecule has 0 amide bonds. The molecule has 0 spiro atoms. The molecule has 0 aromatic heterocycles. The molecule has 0 aliphatic rings. The van der Waals surface area contributed by atoms with Crippen molar-refractivity contribution in [3.05, 3.63) is 12.4 Å². The summed E-state index contributed by atoms with van der Waals surface area (Å²) in [5, 5.41) is 0. The minimum absolute atomic E-state index is 0.198. The number of carbonyl (C=O) groups excluding carboxylic acids is 1. The van der Waals surface area contributed by atoms with Gasteiger partial charge in [0.05, 0.1) is 12.9 Å². The lowest BCUT2D eigenvalue weighted by Gasteiger charge is -1.86. The maximum atomic E-state index is 11.1. The molecule has 0 bridgehead atoms. The normalized spacial score (nSPS) is 9.62. The van der Waals surface area contributed by atoms with Gasteiger partial charge in [-0.05, 0) is 0 Å². The van der Waals surface area contributed by atoms with E-state index in [1.807, 2.05) is 0 Å². The van der Waals surface area contributed by atoms with E-state index in [1.165, 1.54) is 12.5 Å². The zero-order valence-corrected chi connectivity index (χ0v) is 4.26. The molecule has 0 aromatic rings. The van der Waals surface area contributed by atoms with Crippen molar-refractivity contribution in [2.45, 2.75) is 6.42 Å². The molecule has 3 heteroatoms. The molecule has 0 N–H and O–H groups in total. The lowest BCUT2D eigenvalue weighted by atomic mass is 10.5. The monoisotopic (exact) mass is 117 g/mol. The highest BCUT2D eigenvalue weighted by atomic mass is 19.1. The molecule has 0 unspecified atom stereocenters. The van der Waals surface area contributed by atoms with Gasteiger partial charge in [0.15, 0.2) is 0 Å². The van der Waals surface area contributed by atoms with Crippen LogP contribution in [0.4, 0.5) is 4.39 Å². The highest BCUT2D eigenvalue weighted by Crippen LogP contribution is 1.82. The van der Waals surface area contributed by atoms with E-state index in [1.54, 1.807) is 0 Å². The van der Waals surface area contributed by atoms with Gasteiger partial charge in [-0.2, -0.15) is 0 Å². The van der Waals surface area contributed by atoms with Gasteiger partial charge in [0.25, 0.3) is 0 Å². The van der Waals surface area contributed by atoms with Gasteiger partial charge < -0.3 is 4.74 Å². The second-order valence-electron chi connectivity index (χ2n) is 1.08. The van der Waals surface area contributed by atoms with Crippen LogP contribution in [0.1, 0.15) is 6.42 Å². The van der Waals surface area contributed by atoms with Gasteiger partial charge in [-0.1, -0.05) is 6.08 Å². The first kappa shape index (κ1) is 7.14. The molecule has 0 saturated carbocycles. The molecule has 0 heterocycles. The van der Waals surface area contributed by atoms with E-state index < -0.39 is 0 Å². The van der Waals surface area contributed by atoms with Crippen molar-refractivity contribution >= 4 is 6.47 Å². The first-order valence-corrected chi connectivity index (χ1v) is 2.16. The van der Waals surface area contributed by atoms with Gasteiger partial charge in [0.2, 0.25) is 0 Å². The van der Waals surface area contributed by atoms with E-state index in [-0.39, 0.29) is 6.61 Å². The van der Waals surface area contributed by atoms with Crippen LogP contribution in [0.15, 0.2) is 12.4 Å². The summed E-state index contributed by atoms with van der Waals surface area (Å²) < 4.78 is 15.2. The fourth-order valence-electron chi connectivity index (χ4n) is 0.232. The van der Waals surface area contributed by atoms with Crippen LogP contribution < -0.4 is 0 Å². The molecular weight excluding hydrogens is 111 g/mol. The number of hydrogen-bond donors (Lipinski definition) is 0. The van der Waals surface area contributed by atoms with Gasteiger partial charge in [0.1, 0.15) is 0 Å². The Morgan fingerprint density at radius 1 is 1.75 bits per heavy atom. The highest BCUT2D eigenvalue weighted by molar-refractivity contribution is 5.38. The quantitative estimate of drug-likeness (QED) is 0.512. The van der Waals surface area contributed by atoms with Crippen LogP contribution in [-0.2, 0) is 9.53 Å². The number of ether oxygens (including phenoxy) is 1. The Labute approximate surface area is 47.0 Å². The first-order valence-electron chi connectivity index (χ1n) is 2.16. The molecule has 0 atom stereocenters. The van der Waals surface area contributed by atoms with Crippen LogP contribution in [0.3, 0.4) is 0 Å². The van der Waals surface area contributed by atoms with Gasteiger partial charge in [-0.25, -0.2) is 9.18 Å². The topological polar surface area (TPSA) is 26.3 Å². The Morgan fingerprint density at radius 3 is 3.00 bits per heavy atom. The third-order valence-electron chi connectivity index (χ3n) is 0.535. The van der Waals surface area contributed by atoms with E-state index in [4.69, 9.17) is 0 Å². The average Bonchev–Trinajstić information content (AvgIpc) is 1.81. The molecule has 45 valence electrons. The second kappa shape index (κ2) is 6.14. The largest absolute Gasteiger partial charge is 0.457 e. The standard InChI is InChI=1S/C5H6FO2/c6-3-1-2-4-8-5-7/h1,3H,2,4H2. The third kappa shape index (κ3) is 5.14. The maximum Gasteiger partial charge on any atom is 0.417 e. The van der Waals surface area contributed by atoms with Crippen molar-refractivity contribution in [2.75, 3.05) is 6.61 Å². The van der Waals surface area contributed by atoms with Crippen molar-refractivity contribution in [3.8, 4) is 0 Å². The zero-order chi connectivity index (χ0) is 6.24. The van der Waals surface area contributed by atoms with Gasteiger partial charge >= 0.3 is 6.47 Å². The van der Waals surface area contributed by atoms with Crippen LogP contribution in [-0.4, -0.2) is 13.1 Å². The Morgan fingerprint density at radius 2 is 2.50 bits per heavy atom. The summed E-state index contributed by atoms with van der Waals surface area (Å²) in [7, 11) is 0. The van der Waals surface area contributed by atoms with Crippen LogP contribution >= 0.6 is 0 Å². The van der Waals surface area contributed by atoms with E-state index in [0.717, 1.165) is 0 Å². The van der Waals surface area contributed by atoms with Crippen molar-refractivity contribution in [2.24, 2.45) is 0 Å². The van der Waals surface area contributed by atoms with Gasteiger partial charge in [0, 0.05) is 6.42 Å². The maximum absolute atomic E-state index is 11.1. The Balaban J connectivity index is 2.82. The van der Waals surface area contributed by atoms with Crippen LogP contribution in [0, 0.1) is 0 Å². The van der Waals surface area contributed by atoms with Crippen LogP contribution in [0.5, 0.6) is 0 Å². The summed E-state index contributed by atoms with van der Waals surface area (Å²) in [5.74, 6) is 0. The summed E-state index contributed by atoms with van der Waals surface area (Å²) in [5.41, 5.74) is 0. The van der Waals surface area contributed by atoms with E-state index in [0.29, 0.717) is 12.8 Å². The molecular formula is C5H6FO2. The van der Waals surface area contributed by atoms with E-state index in [2.05, 4.69) is 4.74 Å². The molecule has 0 aliphatic carbocycles. The molecule has 0 rings (SSSR count). The first-order chi connectivity index (χ1) is 3.91. The third-order valence-corrected chi connectivity index (χ3v) is 0.535.